The predicted octanol–water partition coefficient (Wildman–Crippen LogP) is 4.23. The van der Waals surface area contributed by atoms with Crippen molar-refractivity contribution in [2.75, 3.05) is 17.7 Å². The van der Waals surface area contributed by atoms with E-state index in [1.165, 1.54) is 11.8 Å². The Bertz CT molecular complexity index is 729. The van der Waals surface area contributed by atoms with Crippen molar-refractivity contribution in [2.24, 2.45) is 0 Å². The summed E-state index contributed by atoms with van der Waals surface area (Å²) in [6.07, 6.45) is 0. The van der Waals surface area contributed by atoms with E-state index in [0.29, 0.717) is 5.02 Å². The number of hydrogen-bond donors (Lipinski definition) is 1. The third kappa shape index (κ3) is 5.28. The SMILES string of the molecule is Cc1cccc(C)c1NC(=O)COC(=O)CSc1ccccc1Cl. The van der Waals surface area contributed by atoms with Crippen LogP contribution in [-0.2, 0) is 14.3 Å². The molecule has 0 atom stereocenters. The Morgan fingerprint density at radius 2 is 1.75 bits per heavy atom. The van der Waals surface area contributed by atoms with Gasteiger partial charge in [-0.1, -0.05) is 41.9 Å². The summed E-state index contributed by atoms with van der Waals surface area (Å²) in [4.78, 5) is 24.5. The maximum atomic E-state index is 11.9. The second-order valence-corrected chi connectivity index (χ2v) is 6.62. The minimum absolute atomic E-state index is 0.0976. The summed E-state index contributed by atoms with van der Waals surface area (Å²) in [5.41, 5.74) is 2.68. The van der Waals surface area contributed by atoms with E-state index in [-0.39, 0.29) is 18.3 Å². The minimum atomic E-state index is -0.462. The van der Waals surface area contributed by atoms with E-state index in [0.717, 1.165) is 21.7 Å². The Labute approximate surface area is 150 Å². The highest BCUT2D eigenvalue weighted by Crippen LogP contribution is 2.26. The molecule has 1 N–H and O–H groups in total. The van der Waals surface area contributed by atoms with Gasteiger partial charge in [0.25, 0.3) is 5.91 Å². The van der Waals surface area contributed by atoms with E-state index in [9.17, 15) is 9.59 Å². The number of hydrogen-bond acceptors (Lipinski definition) is 4. The number of benzene rings is 2. The molecule has 2 rings (SSSR count). The van der Waals surface area contributed by atoms with Crippen LogP contribution >= 0.6 is 23.4 Å². The maximum absolute atomic E-state index is 11.9. The van der Waals surface area contributed by atoms with Gasteiger partial charge in [-0.2, -0.15) is 0 Å². The van der Waals surface area contributed by atoms with Crippen molar-refractivity contribution in [1.29, 1.82) is 0 Å². The minimum Gasteiger partial charge on any atom is -0.455 e. The fraction of sp³-hybridized carbons (Fsp3) is 0.222. The molecule has 2 aromatic rings. The van der Waals surface area contributed by atoms with Gasteiger partial charge in [0.15, 0.2) is 6.61 Å². The highest BCUT2D eigenvalue weighted by Gasteiger charge is 2.11. The second kappa shape index (κ2) is 8.76. The van der Waals surface area contributed by atoms with Gasteiger partial charge in [-0.05, 0) is 37.1 Å². The van der Waals surface area contributed by atoms with Crippen molar-refractivity contribution in [3.8, 4) is 0 Å². The number of halogens is 1. The summed E-state index contributed by atoms with van der Waals surface area (Å²) in [5.74, 6) is -0.722. The van der Waals surface area contributed by atoms with Crippen LogP contribution in [0.15, 0.2) is 47.4 Å². The first-order chi connectivity index (χ1) is 11.5. The summed E-state index contributed by atoms with van der Waals surface area (Å²) in [6, 6.07) is 13.0. The van der Waals surface area contributed by atoms with Crippen LogP contribution in [0.1, 0.15) is 11.1 Å². The summed E-state index contributed by atoms with van der Waals surface area (Å²) in [7, 11) is 0. The van der Waals surface area contributed by atoms with Crippen LogP contribution in [-0.4, -0.2) is 24.2 Å². The number of amides is 1. The molecule has 0 spiro atoms. The molecule has 2 aromatic carbocycles. The Kier molecular flexibility index (Phi) is 6.70. The number of nitrogens with one attached hydrogen (secondary N) is 1. The Hall–Kier alpha value is -1.98. The highest BCUT2D eigenvalue weighted by molar-refractivity contribution is 8.00. The molecule has 0 bridgehead atoms. The molecule has 0 aliphatic carbocycles. The maximum Gasteiger partial charge on any atom is 0.316 e. The van der Waals surface area contributed by atoms with Crippen LogP contribution in [0.3, 0.4) is 0 Å². The summed E-state index contributed by atoms with van der Waals surface area (Å²) < 4.78 is 5.00. The highest BCUT2D eigenvalue weighted by atomic mass is 35.5. The molecule has 0 unspecified atom stereocenters. The number of para-hydroxylation sites is 1. The molecule has 0 radical (unpaired) electrons. The summed E-state index contributed by atoms with van der Waals surface area (Å²) >= 11 is 7.30. The summed E-state index contributed by atoms with van der Waals surface area (Å²) in [5, 5.41) is 3.36. The van der Waals surface area contributed by atoms with E-state index in [4.69, 9.17) is 16.3 Å². The number of thioether (sulfide) groups is 1. The van der Waals surface area contributed by atoms with Gasteiger partial charge in [0.05, 0.1) is 10.8 Å². The van der Waals surface area contributed by atoms with Gasteiger partial charge in [0.2, 0.25) is 0 Å². The molecular formula is C18H18ClNO3S. The lowest BCUT2D eigenvalue weighted by Crippen LogP contribution is -2.22. The van der Waals surface area contributed by atoms with Crippen molar-refractivity contribution in [1.82, 2.24) is 0 Å². The first kappa shape index (κ1) is 18.4. The van der Waals surface area contributed by atoms with Crippen LogP contribution < -0.4 is 5.32 Å². The van der Waals surface area contributed by atoms with Crippen molar-refractivity contribution < 1.29 is 14.3 Å². The van der Waals surface area contributed by atoms with Gasteiger partial charge in [0.1, 0.15) is 0 Å². The fourth-order valence-corrected chi connectivity index (χ4v) is 3.11. The molecule has 4 nitrogen and oxygen atoms in total. The Morgan fingerprint density at radius 1 is 1.08 bits per heavy atom. The van der Waals surface area contributed by atoms with E-state index < -0.39 is 5.97 Å². The average molecular weight is 364 g/mol. The molecule has 0 aliphatic rings. The van der Waals surface area contributed by atoms with Crippen LogP contribution in [0.5, 0.6) is 0 Å². The monoisotopic (exact) mass is 363 g/mol. The van der Waals surface area contributed by atoms with Gasteiger partial charge < -0.3 is 10.1 Å². The molecule has 0 fully saturated rings. The van der Waals surface area contributed by atoms with Crippen molar-refractivity contribution in [2.45, 2.75) is 18.7 Å². The van der Waals surface area contributed by atoms with Gasteiger partial charge in [-0.3, -0.25) is 9.59 Å². The number of rotatable bonds is 6. The zero-order valence-corrected chi connectivity index (χ0v) is 15.0. The number of esters is 1. The van der Waals surface area contributed by atoms with Gasteiger partial charge in [0, 0.05) is 10.6 Å². The van der Waals surface area contributed by atoms with Gasteiger partial charge >= 0.3 is 5.97 Å². The molecule has 0 saturated heterocycles. The zero-order chi connectivity index (χ0) is 17.5. The molecule has 6 heteroatoms. The van der Waals surface area contributed by atoms with E-state index >= 15 is 0 Å². The second-order valence-electron chi connectivity index (χ2n) is 5.19. The Balaban J connectivity index is 1.79. The third-order valence-electron chi connectivity index (χ3n) is 3.29. The zero-order valence-electron chi connectivity index (χ0n) is 13.5. The van der Waals surface area contributed by atoms with E-state index in [1.807, 2.05) is 50.2 Å². The number of ether oxygens (including phenoxy) is 1. The van der Waals surface area contributed by atoms with Gasteiger partial charge in [-0.15, -0.1) is 11.8 Å². The van der Waals surface area contributed by atoms with Crippen molar-refractivity contribution >= 4 is 40.9 Å². The fourth-order valence-electron chi connectivity index (χ4n) is 2.07. The number of anilines is 1. The van der Waals surface area contributed by atoms with Crippen molar-refractivity contribution in [3.05, 3.63) is 58.6 Å². The third-order valence-corrected chi connectivity index (χ3v) is 4.78. The molecule has 0 aliphatic heterocycles. The molecule has 0 heterocycles. The number of carbonyl (C=O) groups is 2. The first-order valence-electron chi connectivity index (χ1n) is 7.36. The van der Waals surface area contributed by atoms with Crippen LogP contribution in [0.4, 0.5) is 5.69 Å². The topological polar surface area (TPSA) is 55.4 Å². The van der Waals surface area contributed by atoms with Crippen LogP contribution in [0, 0.1) is 13.8 Å². The lowest BCUT2D eigenvalue weighted by atomic mass is 10.1. The normalized spacial score (nSPS) is 10.3. The molecule has 0 aromatic heterocycles. The first-order valence-corrected chi connectivity index (χ1v) is 8.72. The van der Waals surface area contributed by atoms with E-state index in [1.54, 1.807) is 6.07 Å². The molecule has 1 amide bonds. The lowest BCUT2D eigenvalue weighted by Gasteiger charge is -2.11. The lowest BCUT2D eigenvalue weighted by molar-refractivity contribution is -0.144. The predicted molar refractivity (Wildman–Crippen MR) is 97.7 cm³/mol. The van der Waals surface area contributed by atoms with Gasteiger partial charge in [-0.25, -0.2) is 0 Å². The number of carbonyl (C=O) groups excluding carboxylic acids is 2. The standard InChI is InChI=1S/C18H18ClNO3S/c1-12-6-5-7-13(2)18(12)20-16(21)10-23-17(22)11-24-15-9-4-3-8-14(15)19/h3-9H,10-11H2,1-2H3,(H,20,21). The molecule has 0 saturated carbocycles. The van der Waals surface area contributed by atoms with Crippen LogP contribution in [0.2, 0.25) is 5.02 Å². The van der Waals surface area contributed by atoms with Crippen molar-refractivity contribution in [3.63, 3.8) is 0 Å². The Morgan fingerprint density at radius 3 is 2.42 bits per heavy atom. The van der Waals surface area contributed by atoms with E-state index in [2.05, 4.69) is 5.32 Å². The van der Waals surface area contributed by atoms with Crippen LogP contribution in [0.25, 0.3) is 0 Å². The quantitative estimate of drug-likeness (QED) is 0.616. The molecule has 126 valence electrons. The summed E-state index contributed by atoms with van der Waals surface area (Å²) in [6.45, 7) is 3.51. The average Bonchev–Trinajstić information content (AvgIpc) is 2.56. The number of aryl methyl sites for hydroxylation is 2. The molecular weight excluding hydrogens is 346 g/mol. The smallest absolute Gasteiger partial charge is 0.316 e. The molecule has 24 heavy (non-hydrogen) atoms. The largest absolute Gasteiger partial charge is 0.455 e.